The number of rotatable bonds is 3. The van der Waals surface area contributed by atoms with Crippen LogP contribution in [0.4, 0.5) is 9.18 Å². The fraction of sp³-hybridized carbons (Fsp3) is 0.312. The van der Waals surface area contributed by atoms with Gasteiger partial charge in [-0.3, -0.25) is 14.5 Å². The third-order valence-corrected chi connectivity index (χ3v) is 3.67. The van der Waals surface area contributed by atoms with E-state index in [9.17, 15) is 14.4 Å². The quantitative estimate of drug-likeness (QED) is 0.682. The van der Waals surface area contributed by atoms with Crippen molar-refractivity contribution in [2.75, 3.05) is 19.6 Å². The van der Waals surface area contributed by atoms with E-state index in [1.165, 1.54) is 18.2 Å². The summed E-state index contributed by atoms with van der Waals surface area (Å²) in [5.74, 6) is -1.68. The van der Waals surface area contributed by atoms with E-state index in [0.717, 1.165) is 9.80 Å². The summed E-state index contributed by atoms with van der Waals surface area (Å²) in [6, 6.07) is 8.01. The molecule has 1 saturated heterocycles. The van der Waals surface area contributed by atoms with E-state index in [4.69, 9.17) is 5.11 Å². The van der Waals surface area contributed by atoms with Crippen molar-refractivity contribution >= 4 is 17.9 Å². The summed E-state index contributed by atoms with van der Waals surface area (Å²) in [7, 11) is 0. The lowest BCUT2D eigenvalue weighted by Crippen LogP contribution is -2.50. The minimum atomic E-state index is -2.50. The Balaban J connectivity index is 2.36. The lowest BCUT2D eigenvalue weighted by Gasteiger charge is -2.27. The summed E-state index contributed by atoms with van der Waals surface area (Å²) in [6.07, 6.45) is -0.499. The molecule has 6 nitrogen and oxygen atoms in total. The maximum absolute atomic E-state index is 15.0. The molecule has 0 spiro atoms. The van der Waals surface area contributed by atoms with Gasteiger partial charge in [0.15, 0.2) is 0 Å². The van der Waals surface area contributed by atoms with Crippen molar-refractivity contribution in [3.63, 3.8) is 0 Å². The molecule has 1 aliphatic rings. The number of hydrogen-bond acceptors (Lipinski definition) is 3. The zero-order chi connectivity index (χ0) is 17.0. The Kier molecular flexibility index (Phi) is 4.78. The molecule has 1 fully saturated rings. The van der Waals surface area contributed by atoms with Crippen LogP contribution in [0.1, 0.15) is 16.8 Å². The number of carboxylic acid groups (broad SMARTS) is 1. The number of halogens is 1. The predicted molar refractivity (Wildman–Crippen MR) is 80.7 cm³/mol. The van der Waals surface area contributed by atoms with E-state index in [2.05, 4.69) is 6.58 Å². The van der Waals surface area contributed by atoms with Gasteiger partial charge in [0.2, 0.25) is 5.67 Å². The molecule has 0 aromatic heterocycles. The lowest BCUT2D eigenvalue weighted by molar-refractivity contribution is -0.140. The molecule has 122 valence electrons. The van der Waals surface area contributed by atoms with Gasteiger partial charge in [-0.25, -0.2) is 9.18 Å². The van der Waals surface area contributed by atoms with Crippen molar-refractivity contribution in [1.29, 1.82) is 0 Å². The summed E-state index contributed by atoms with van der Waals surface area (Å²) >= 11 is 0. The van der Waals surface area contributed by atoms with Crippen LogP contribution < -0.4 is 0 Å². The SMILES string of the molecule is C=CCC1(F)CN(C(=O)O)CCN(C(=O)c2ccccc2)C1=O. The van der Waals surface area contributed by atoms with E-state index in [1.54, 1.807) is 18.2 Å². The standard InChI is InChI=1S/C16H17FN2O4/c1-2-8-16(17)11-18(15(22)23)9-10-19(14(16)21)13(20)12-6-4-3-5-7-12/h2-7H,1,8-11H2,(H,22,23). The summed E-state index contributed by atoms with van der Waals surface area (Å²) < 4.78 is 15.0. The minimum Gasteiger partial charge on any atom is -0.465 e. The van der Waals surface area contributed by atoms with Gasteiger partial charge in [-0.2, -0.15) is 0 Å². The van der Waals surface area contributed by atoms with Gasteiger partial charge in [0.25, 0.3) is 11.8 Å². The second-order valence-electron chi connectivity index (χ2n) is 5.29. The normalized spacial score (nSPS) is 21.7. The Bertz CT molecular complexity index is 634. The maximum Gasteiger partial charge on any atom is 0.407 e. The van der Waals surface area contributed by atoms with Crippen molar-refractivity contribution in [2.24, 2.45) is 0 Å². The first-order chi connectivity index (χ1) is 10.9. The van der Waals surface area contributed by atoms with Crippen LogP contribution in [0.3, 0.4) is 0 Å². The molecule has 1 unspecified atom stereocenters. The molecule has 0 radical (unpaired) electrons. The van der Waals surface area contributed by atoms with Gasteiger partial charge in [0.05, 0.1) is 6.54 Å². The van der Waals surface area contributed by atoms with Gasteiger partial charge in [0, 0.05) is 25.1 Å². The minimum absolute atomic E-state index is 0.136. The number of hydrogen-bond donors (Lipinski definition) is 1. The molecule has 23 heavy (non-hydrogen) atoms. The van der Waals surface area contributed by atoms with Gasteiger partial charge in [0.1, 0.15) is 0 Å². The third kappa shape index (κ3) is 3.39. The monoisotopic (exact) mass is 320 g/mol. The van der Waals surface area contributed by atoms with Crippen LogP contribution in [0.25, 0.3) is 0 Å². The molecule has 1 N–H and O–H groups in total. The Labute approximate surface area is 132 Å². The lowest BCUT2D eigenvalue weighted by atomic mass is 9.99. The molecule has 1 aliphatic heterocycles. The van der Waals surface area contributed by atoms with Gasteiger partial charge in [-0.05, 0) is 12.1 Å². The van der Waals surface area contributed by atoms with Crippen molar-refractivity contribution in [3.05, 3.63) is 48.6 Å². The molecule has 0 saturated carbocycles. The molecular weight excluding hydrogens is 303 g/mol. The van der Waals surface area contributed by atoms with E-state index >= 15 is 4.39 Å². The molecule has 0 bridgehead atoms. The highest BCUT2D eigenvalue weighted by Gasteiger charge is 2.47. The van der Waals surface area contributed by atoms with Crippen LogP contribution in [0.15, 0.2) is 43.0 Å². The van der Waals surface area contributed by atoms with Crippen LogP contribution in [-0.4, -0.2) is 58.1 Å². The highest BCUT2D eigenvalue weighted by Crippen LogP contribution is 2.26. The number of carbonyl (C=O) groups excluding carboxylic acids is 2. The number of allylic oxidation sites excluding steroid dienone is 1. The Morgan fingerprint density at radius 3 is 2.52 bits per heavy atom. The second kappa shape index (κ2) is 6.60. The smallest absolute Gasteiger partial charge is 0.407 e. The van der Waals surface area contributed by atoms with E-state index in [1.807, 2.05) is 0 Å². The number of benzene rings is 1. The zero-order valence-corrected chi connectivity index (χ0v) is 12.4. The Morgan fingerprint density at radius 2 is 1.96 bits per heavy atom. The van der Waals surface area contributed by atoms with Crippen LogP contribution in [0, 0.1) is 0 Å². The van der Waals surface area contributed by atoms with Gasteiger partial charge in [-0.1, -0.05) is 24.3 Å². The van der Waals surface area contributed by atoms with Crippen molar-refractivity contribution in [2.45, 2.75) is 12.1 Å². The number of imide groups is 1. The van der Waals surface area contributed by atoms with Crippen LogP contribution >= 0.6 is 0 Å². The van der Waals surface area contributed by atoms with Crippen LogP contribution in [-0.2, 0) is 4.79 Å². The molecule has 3 amide bonds. The number of amides is 3. The zero-order valence-electron chi connectivity index (χ0n) is 12.4. The Hall–Kier alpha value is -2.70. The van der Waals surface area contributed by atoms with Crippen LogP contribution in [0.5, 0.6) is 0 Å². The highest BCUT2D eigenvalue weighted by molar-refractivity contribution is 6.07. The summed E-state index contributed by atoms with van der Waals surface area (Å²) in [6.45, 7) is 2.45. The average molecular weight is 320 g/mol. The van der Waals surface area contributed by atoms with Crippen molar-refractivity contribution < 1.29 is 23.9 Å². The topological polar surface area (TPSA) is 77.9 Å². The molecule has 1 atom stereocenters. The van der Waals surface area contributed by atoms with E-state index in [0.29, 0.717) is 0 Å². The average Bonchev–Trinajstić information content (AvgIpc) is 2.66. The van der Waals surface area contributed by atoms with Crippen molar-refractivity contribution in [3.8, 4) is 0 Å². The Morgan fingerprint density at radius 1 is 1.30 bits per heavy atom. The number of nitrogens with zero attached hydrogens (tertiary/aromatic N) is 2. The van der Waals surface area contributed by atoms with Crippen LogP contribution in [0.2, 0.25) is 0 Å². The molecule has 1 aromatic carbocycles. The second-order valence-corrected chi connectivity index (χ2v) is 5.29. The predicted octanol–water partition coefficient (Wildman–Crippen LogP) is 1.93. The van der Waals surface area contributed by atoms with E-state index in [-0.39, 0.29) is 25.1 Å². The number of carbonyl (C=O) groups is 3. The summed E-state index contributed by atoms with van der Waals surface area (Å²) in [5.41, 5.74) is -2.26. The summed E-state index contributed by atoms with van der Waals surface area (Å²) in [5, 5.41) is 9.11. The van der Waals surface area contributed by atoms with Gasteiger partial charge >= 0.3 is 6.09 Å². The largest absolute Gasteiger partial charge is 0.465 e. The molecule has 7 heteroatoms. The number of alkyl halides is 1. The van der Waals surface area contributed by atoms with E-state index < -0.39 is 30.1 Å². The molecule has 2 rings (SSSR count). The third-order valence-electron chi connectivity index (χ3n) is 3.67. The molecular formula is C16H17FN2O4. The first-order valence-corrected chi connectivity index (χ1v) is 7.08. The maximum atomic E-state index is 15.0. The highest BCUT2D eigenvalue weighted by atomic mass is 19.1. The molecule has 1 heterocycles. The fourth-order valence-corrected chi connectivity index (χ4v) is 2.49. The molecule has 1 aromatic rings. The first kappa shape index (κ1) is 16.7. The first-order valence-electron chi connectivity index (χ1n) is 7.08. The molecule has 0 aliphatic carbocycles. The van der Waals surface area contributed by atoms with Gasteiger partial charge < -0.3 is 10.0 Å². The van der Waals surface area contributed by atoms with Crippen molar-refractivity contribution in [1.82, 2.24) is 9.80 Å². The fourth-order valence-electron chi connectivity index (χ4n) is 2.49. The van der Waals surface area contributed by atoms with Gasteiger partial charge in [-0.15, -0.1) is 6.58 Å². The summed E-state index contributed by atoms with van der Waals surface area (Å²) in [4.78, 5) is 37.7.